The highest BCUT2D eigenvalue weighted by atomic mass is 35.5. The minimum Gasteiger partial charge on any atom is -0.490 e. The van der Waals surface area contributed by atoms with Crippen molar-refractivity contribution < 1.29 is 9.47 Å². The summed E-state index contributed by atoms with van der Waals surface area (Å²) in [6, 6.07) is 9.64. The van der Waals surface area contributed by atoms with Crippen LogP contribution in [0, 0.1) is 20.8 Å². The molecule has 0 bridgehead atoms. The van der Waals surface area contributed by atoms with Crippen LogP contribution in [0.1, 0.15) is 22.3 Å². The summed E-state index contributed by atoms with van der Waals surface area (Å²) in [5, 5.41) is 0.662. The first-order valence-corrected chi connectivity index (χ1v) is 7.71. The molecular formula is C18H22ClNO2. The van der Waals surface area contributed by atoms with Gasteiger partial charge in [-0.2, -0.15) is 0 Å². The number of aryl methyl sites for hydroxylation is 2. The largest absolute Gasteiger partial charge is 0.490 e. The molecule has 118 valence electrons. The van der Waals surface area contributed by atoms with Gasteiger partial charge >= 0.3 is 0 Å². The first-order valence-electron chi connectivity index (χ1n) is 7.34. The van der Waals surface area contributed by atoms with Crippen molar-refractivity contribution in [3.63, 3.8) is 0 Å². The highest BCUT2D eigenvalue weighted by molar-refractivity contribution is 6.30. The maximum atomic E-state index is 5.95. The van der Waals surface area contributed by atoms with Gasteiger partial charge in [0, 0.05) is 17.1 Å². The summed E-state index contributed by atoms with van der Waals surface area (Å²) in [6.07, 6.45) is 0. The summed E-state index contributed by atoms with van der Waals surface area (Å²) in [5.41, 5.74) is 10.1. The van der Waals surface area contributed by atoms with Crippen molar-refractivity contribution in [1.82, 2.24) is 0 Å². The lowest BCUT2D eigenvalue weighted by molar-refractivity contribution is 0.214. The number of benzene rings is 2. The lowest BCUT2D eigenvalue weighted by atomic mass is 10.1. The van der Waals surface area contributed by atoms with Crippen molar-refractivity contribution in [3.05, 3.63) is 57.6 Å². The van der Waals surface area contributed by atoms with Crippen LogP contribution in [0.2, 0.25) is 5.02 Å². The van der Waals surface area contributed by atoms with Crippen LogP contribution < -0.4 is 15.2 Å². The van der Waals surface area contributed by atoms with E-state index >= 15 is 0 Å². The fraction of sp³-hybridized carbons (Fsp3) is 0.333. The van der Waals surface area contributed by atoms with E-state index in [9.17, 15) is 0 Å². The van der Waals surface area contributed by atoms with E-state index < -0.39 is 0 Å². The molecule has 2 aromatic carbocycles. The van der Waals surface area contributed by atoms with Gasteiger partial charge in [-0.25, -0.2) is 0 Å². The van der Waals surface area contributed by atoms with Gasteiger partial charge in [-0.15, -0.1) is 0 Å². The summed E-state index contributed by atoms with van der Waals surface area (Å²) >= 11 is 5.95. The molecule has 0 aromatic heterocycles. The zero-order valence-electron chi connectivity index (χ0n) is 13.3. The Bertz CT molecular complexity index is 656. The topological polar surface area (TPSA) is 44.5 Å². The van der Waals surface area contributed by atoms with E-state index in [1.807, 2.05) is 19.1 Å². The van der Waals surface area contributed by atoms with E-state index in [4.69, 9.17) is 26.8 Å². The Morgan fingerprint density at radius 1 is 0.955 bits per heavy atom. The van der Waals surface area contributed by atoms with Gasteiger partial charge in [-0.3, -0.25) is 0 Å². The van der Waals surface area contributed by atoms with Crippen LogP contribution in [0.3, 0.4) is 0 Å². The summed E-state index contributed by atoms with van der Waals surface area (Å²) in [5.74, 6) is 1.70. The van der Waals surface area contributed by atoms with Gasteiger partial charge in [-0.05, 0) is 55.7 Å². The van der Waals surface area contributed by atoms with Gasteiger partial charge in [0.15, 0.2) is 0 Å². The number of nitrogens with two attached hydrogens (primary N) is 1. The Kier molecular flexibility index (Phi) is 5.69. The van der Waals surface area contributed by atoms with Crippen molar-refractivity contribution in [2.45, 2.75) is 27.3 Å². The molecule has 0 amide bonds. The van der Waals surface area contributed by atoms with Crippen molar-refractivity contribution in [2.24, 2.45) is 5.73 Å². The van der Waals surface area contributed by atoms with E-state index in [-0.39, 0.29) is 0 Å². The number of hydrogen-bond donors (Lipinski definition) is 1. The molecule has 3 nitrogen and oxygen atoms in total. The summed E-state index contributed by atoms with van der Waals surface area (Å²) < 4.78 is 11.6. The third-order valence-corrected chi connectivity index (χ3v) is 3.94. The van der Waals surface area contributed by atoms with Crippen LogP contribution in [0.5, 0.6) is 11.5 Å². The second kappa shape index (κ2) is 7.52. The lowest BCUT2D eigenvalue weighted by Gasteiger charge is -2.15. The Labute approximate surface area is 137 Å². The third-order valence-electron chi connectivity index (χ3n) is 3.70. The van der Waals surface area contributed by atoms with Crippen LogP contribution >= 0.6 is 11.6 Å². The quantitative estimate of drug-likeness (QED) is 0.812. The second-order valence-corrected chi connectivity index (χ2v) is 5.74. The average molecular weight is 320 g/mol. The molecule has 0 unspecified atom stereocenters. The average Bonchev–Trinajstić information content (AvgIpc) is 2.51. The number of ether oxygens (including phenoxy) is 2. The van der Waals surface area contributed by atoms with Gasteiger partial charge in [0.1, 0.15) is 24.7 Å². The molecule has 0 fully saturated rings. The molecule has 0 aliphatic heterocycles. The molecule has 0 radical (unpaired) electrons. The summed E-state index contributed by atoms with van der Waals surface area (Å²) in [6.45, 7) is 7.55. The zero-order chi connectivity index (χ0) is 16.1. The second-order valence-electron chi connectivity index (χ2n) is 5.31. The molecule has 0 saturated heterocycles. The summed E-state index contributed by atoms with van der Waals surface area (Å²) in [4.78, 5) is 0. The van der Waals surface area contributed by atoms with Gasteiger partial charge in [0.25, 0.3) is 0 Å². The van der Waals surface area contributed by atoms with Crippen LogP contribution in [0.15, 0.2) is 30.3 Å². The molecule has 2 aromatic rings. The van der Waals surface area contributed by atoms with E-state index in [1.54, 1.807) is 6.07 Å². The van der Waals surface area contributed by atoms with Gasteiger partial charge in [-0.1, -0.05) is 23.7 Å². The SMILES string of the molecule is Cc1ccc(C)c(OCCOc2ccc(Cl)cc2CN)c1C. The van der Waals surface area contributed by atoms with Crippen molar-refractivity contribution in [3.8, 4) is 11.5 Å². The number of halogens is 1. The molecule has 0 atom stereocenters. The third kappa shape index (κ3) is 3.93. The van der Waals surface area contributed by atoms with Gasteiger partial charge < -0.3 is 15.2 Å². The fourth-order valence-electron chi connectivity index (χ4n) is 2.29. The predicted molar refractivity (Wildman–Crippen MR) is 91.0 cm³/mol. The fourth-order valence-corrected chi connectivity index (χ4v) is 2.49. The predicted octanol–water partition coefficient (Wildman–Crippen LogP) is 4.18. The van der Waals surface area contributed by atoms with Crippen LogP contribution in [0.4, 0.5) is 0 Å². The van der Waals surface area contributed by atoms with E-state index in [2.05, 4.69) is 26.0 Å². The molecule has 4 heteroatoms. The smallest absolute Gasteiger partial charge is 0.125 e. The van der Waals surface area contributed by atoms with E-state index in [0.29, 0.717) is 24.8 Å². The number of hydrogen-bond acceptors (Lipinski definition) is 3. The molecule has 2 rings (SSSR count). The Morgan fingerprint density at radius 2 is 1.64 bits per heavy atom. The molecule has 0 aliphatic rings. The molecule has 0 aliphatic carbocycles. The zero-order valence-corrected chi connectivity index (χ0v) is 14.0. The van der Waals surface area contributed by atoms with Gasteiger partial charge in [0.2, 0.25) is 0 Å². The molecular weight excluding hydrogens is 298 g/mol. The lowest BCUT2D eigenvalue weighted by Crippen LogP contribution is -2.12. The summed E-state index contributed by atoms with van der Waals surface area (Å²) in [7, 11) is 0. The maximum Gasteiger partial charge on any atom is 0.125 e. The Balaban J connectivity index is 1.94. The first kappa shape index (κ1) is 16.7. The molecule has 0 heterocycles. The molecule has 0 spiro atoms. The minimum atomic E-state index is 0.396. The van der Waals surface area contributed by atoms with Crippen LogP contribution in [0.25, 0.3) is 0 Å². The Hall–Kier alpha value is -1.71. The van der Waals surface area contributed by atoms with Crippen molar-refractivity contribution in [1.29, 1.82) is 0 Å². The van der Waals surface area contributed by atoms with Crippen molar-refractivity contribution >= 4 is 11.6 Å². The first-order chi connectivity index (χ1) is 10.5. The molecule has 0 saturated carbocycles. The maximum absolute atomic E-state index is 5.95. The van der Waals surface area contributed by atoms with Crippen LogP contribution in [-0.2, 0) is 6.54 Å². The molecule has 22 heavy (non-hydrogen) atoms. The minimum absolute atomic E-state index is 0.396. The Morgan fingerprint density at radius 3 is 2.36 bits per heavy atom. The highest BCUT2D eigenvalue weighted by Crippen LogP contribution is 2.26. The monoisotopic (exact) mass is 319 g/mol. The van der Waals surface area contributed by atoms with Crippen molar-refractivity contribution in [2.75, 3.05) is 13.2 Å². The number of rotatable bonds is 6. The van der Waals surface area contributed by atoms with Gasteiger partial charge in [0.05, 0.1) is 0 Å². The normalized spacial score (nSPS) is 10.6. The molecule has 2 N–H and O–H groups in total. The van der Waals surface area contributed by atoms with E-state index in [1.165, 1.54) is 11.1 Å². The highest BCUT2D eigenvalue weighted by Gasteiger charge is 2.07. The van der Waals surface area contributed by atoms with E-state index in [0.717, 1.165) is 22.6 Å². The standard InChI is InChI=1S/C18H22ClNO2/c1-12-4-5-13(2)18(14(12)3)22-9-8-21-17-7-6-16(19)10-15(17)11-20/h4-7,10H,8-9,11,20H2,1-3H3. The van der Waals surface area contributed by atoms with Crippen LogP contribution in [-0.4, -0.2) is 13.2 Å².